The highest BCUT2D eigenvalue weighted by Crippen LogP contribution is 2.29. The molecular formula is C10H7NO2. The Morgan fingerprint density at radius 3 is 3.31 bits per heavy atom. The van der Waals surface area contributed by atoms with Crippen molar-refractivity contribution in [3.05, 3.63) is 36.0 Å². The van der Waals surface area contributed by atoms with Gasteiger partial charge in [0.05, 0.1) is 5.52 Å². The van der Waals surface area contributed by atoms with Crippen LogP contribution in [0.3, 0.4) is 0 Å². The van der Waals surface area contributed by atoms with E-state index in [1.165, 1.54) is 0 Å². The van der Waals surface area contributed by atoms with E-state index >= 15 is 0 Å². The van der Waals surface area contributed by atoms with Crippen molar-refractivity contribution in [1.29, 1.82) is 0 Å². The predicted molar refractivity (Wildman–Crippen MR) is 47.2 cm³/mol. The first-order valence-electron chi connectivity index (χ1n) is 4.10. The van der Waals surface area contributed by atoms with Gasteiger partial charge < -0.3 is 4.89 Å². The molecule has 1 aliphatic rings. The quantitative estimate of drug-likeness (QED) is 0.571. The molecule has 3 nitrogen and oxygen atoms in total. The molecule has 1 aliphatic heterocycles. The summed E-state index contributed by atoms with van der Waals surface area (Å²) in [6, 6.07) is 7.90. The minimum atomic E-state index is 0.528. The molecule has 0 unspecified atom stereocenters. The summed E-state index contributed by atoms with van der Waals surface area (Å²) in [6.45, 7) is 0.528. The largest absolute Gasteiger partial charge is 0.337 e. The topological polar surface area (TPSA) is 31.4 Å². The summed E-state index contributed by atoms with van der Waals surface area (Å²) in [7, 11) is 0. The highest BCUT2D eigenvalue weighted by Gasteiger charge is 2.14. The molecule has 1 aromatic carbocycles. The fourth-order valence-electron chi connectivity index (χ4n) is 1.50. The minimum absolute atomic E-state index is 0.528. The minimum Gasteiger partial charge on any atom is -0.337 e. The van der Waals surface area contributed by atoms with Crippen molar-refractivity contribution in [2.24, 2.45) is 0 Å². The van der Waals surface area contributed by atoms with Gasteiger partial charge in [-0.2, -0.15) is 4.89 Å². The highest BCUT2D eigenvalue weighted by molar-refractivity contribution is 5.81. The summed E-state index contributed by atoms with van der Waals surface area (Å²) in [5.74, 6) is 0.784. The molecule has 0 atom stereocenters. The van der Waals surface area contributed by atoms with Gasteiger partial charge in [-0.1, -0.05) is 6.07 Å². The van der Waals surface area contributed by atoms with Crippen molar-refractivity contribution in [2.45, 2.75) is 6.61 Å². The third kappa shape index (κ3) is 0.975. The molecule has 64 valence electrons. The molecule has 0 aliphatic carbocycles. The van der Waals surface area contributed by atoms with Crippen LogP contribution in [0.4, 0.5) is 0 Å². The van der Waals surface area contributed by atoms with Gasteiger partial charge in [0, 0.05) is 23.2 Å². The van der Waals surface area contributed by atoms with Gasteiger partial charge in [0.25, 0.3) is 0 Å². The zero-order valence-electron chi connectivity index (χ0n) is 6.86. The number of benzene rings is 1. The van der Waals surface area contributed by atoms with Gasteiger partial charge in [0.2, 0.25) is 0 Å². The Morgan fingerprint density at radius 2 is 2.31 bits per heavy atom. The summed E-state index contributed by atoms with van der Waals surface area (Å²) >= 11 is 0. The third-order valence-corrected chi connectivity index (χ3v) is 2.15. The molecule has 0 radical (unpaired) electrons. The summed E-state index contributed by atoms with van der Waals surface area (Å²) in [5, 5.41) is 1.12. The lowest BCUT2D eigenvalue weighted by atomic mass is 10.1. The Kier molecular flexibility index (Phi) is 1.29. The normalized spacial score (nSPS) is 14.2. The van der Waals surface area contributed by atoms with E-state index in [0.29, 0.717) is 6.61 Å². The Hall–Kier alpha value is -1.61. The Bertz CT molecular complexity index is 425. The lowest BCUT2D eigenvalue weighted by Gasteiger charge is -1.98. The average molecular weight is 173 g/mol. The van der Waals surface area contributed by atoms with Crippen molar-refractivity contribution in [2.75, 3.05) is 0 Å². The van der Waals surface area contributed by atoms with Crippen LogP contribution in [0.5, 0.6) is 5.75 Å². The zero-order chi connectivity index (χ0) is 8.67. The van der Waals surface area contributed by atoms with E-state index in [4.69, 9.17) is 9.78 Å². The number of nitrogens with zero attached hydrogens (tertiary/aromatic N) is 1. The van der Waals surface area contributed by atoms with Gasteiger partial charge in [-0.05, 0) is 12.1 Å². The maximum absolute atomic E-state index is 4.97. The summed E-state index contributed by atoms with van der Waals surface area (Å²) in [5.41, 5.74) is 2.02. The van der Waals surface area contributed by atoms with Crippen LogP contribution in [-0.2, 0) is 11.5 Å². The molecule has 0 amide bonds. The van der Waals surface area contributed by atoms with Crippen molar-refractivity contribution in [1.82, 2.24) is 4.98 Å². The molecule has 0 fully saturated rings. The number of fused-ring (bicyclic) bond motifs is 2. The van der Waals surface area contributed by atoms with Gasteiger partial charge in [-0.15, -0.1) is 0 Å². The second-order valence-corrected chi connectivity index (χ2v) is 3.00. The number of rotatable bonds is 0. The first kappa shape index (κ1) is 6.86. The smallest absolute Gasteiger partial charge is 0.173 e. The average Bonchev–Trinajstić information content (AvgIpc) is 2.61. The molecule has 3 heteroatoms. The maximum Gasteiger partial charge on any atom is 0.173 e. The molecule has 1 aromatic heterocycles. The fourth-order valence-corrected chi connectivity index (χ4v) is 1.50. The summed E-state index contributed by atoms with van der Waals surface area (Å²) in [4.78, 5) is 14.0. The SMILES string of the molecule is c1cnc2cc3c(cc2c1)COO3. The van der Waals surface area contributed by atoms with E-state index in [-0.39, 0.29) is 0 Å². The molecule has 3 rings (SSSR count). The monoisotopic (exact) mass is 173 g/mol. The predicted octanol–water partition coefficient (Wildman–Crippen LogP) is 2.06. The first-order chi connectivity index (χ1) is 6.43. The maximum atomic E-state index is 4.97. The van der Waals surface area contributed by atoms with E-state index in [2.05, 4.69) is 4.98 Å². The Balaban J connectivity index is 2.36. The summed E-state index contributed by atoms with van der Waals surface area (Å²) in [6.07, 6.45) is 1.77. The van der Waals surface area contributed by atoms with E-state index in [9.17, 15) is 0 Å². The van der Waals surface area contributed by atoms with Crippen LogP contribution in [0, 0.1) is 0 Å². The molecule has 0 saturated carbocycles. The van der Waals surface area contributed by atoms with Gasteiger partial charge >= 0.3 is 0 Å². The number of pyridine rings is 1. The molecule has 0 saturated heterocycles. The molecule has 2 aromatic rings. The van der Waals surface area contributed by atoms with Crippen molar-refractivity contribution >= 4 is 10.9 Å². The van der Waals surface area contributed by atoms with Crippen LogP contribution >= 0.6 is 0 Å². The zero-order valence-corrected chi connectivity index (χ0v) is 6.86. The van der Waals surface area contributed by atoms with E-state index in [1.54, 1.807) is 6.20 Å². The standard InChI is InChI=1S/C10H7NO2/c1-2-7-4-8-6-12-13-10(8)5-9(7)11-3-1/h1-5H,6H2. The molecule has 2 heterocycles. The van der Waals surface area contributed by atoms with Crippen LogP contribution in [0.15, 0.2) is 30.5 Å². The van der Waals surface area contributed by atoms with Crippen LogP contribution in [0.1, 0.15) is 5.56 Å². The third-order valence-electron chi connectivity index (χ3n) is 2.15. The van der Waals surface area contributed by atoms with Crippen LogP contribution in [-0.4, -0.2) is 4.98 Å². The first-order valence-corrected chi connectivity index (χ1v) is 4.10. The molecule has 0 bridgehead atoms. The van der Waals surface area contributed by atoms with Crippen LogP contribution in [0.2, 0.25) is 0 Å². The molecule has 13 heavy (non-hydrogen) atoms. The highest BCUT2D eigenvalue weighted by atomic mass is 17.2. The molecular weight excluding hydrogens is 166 g/mol. The molecule has 0 N–H and O–H groups in total. The van der Waals surface area contributed by atoms with Gasteiger partial charge in [-0.3, -0.25) is 4.98 Å². The second kappa shape index (κ2) is 2.44. The van der Waals surface area contributed by atoms with Crippen LogP contribution < -0.4 is 4.89 Å². The lowest BCUT2D eigenvalue weighted by Crippen LogP contribution is -1.82. The van der Waals surface area contributed by atoms with Gasteiger partial charge in [-0.25, -0.2) is 0 Å². The Morgan fingerprint density at radius 1 is 1.31 bits per heavy atom. The van der Waals surface area contributed by atoms with Crippen molar-refractivity contribution in [3.63, 3.8) is 0 Å². The summed E-state index contributed by atoms with van der Waals surface area (Å²) < 4.78 is 0. The van der Waals surface area contributed by atoms with Crippen LogP contribution in [0.25, 0.3) is 10.9 Å². The fraction of sp³-hybridized carbons (Fsp3) is 0.100. The van der Waals surface area contributed by atoms with E-state index in [1.807, 2.05) is 24.3 Å². The number of hydrogen-bond donors (Lipinski definition) is 0. The number of aromatic nitrogens is 1. The van der Waals surface area contributed by atoms with Crippen molar-refractivity contribution < 1.29 is 9.78 Å². The van der Waals surface area contributed by atoms with E-state index < -0.39 is 0 Å². The lowest BCUT2D eigenvalue weighted by molar-refractivity contribution is -0.194. The van der Waals surface area contributed by atoms with Gasteiger partial charge in [0.15, 0.2) is 5.75 Å². The Labute approximate surface area is 74.8 Å². The van der Waals surface area contributed by atoms with Gasteiger partial charge in [0.1, 0.15) is 6.61 Å². The molecule has 0 spiro atoms. The number of hydrogen-bond acceptors (Lipinski definition) is 3. The van der Waals surface area contributed by atoms with E-state index in [0.717, 1.165) is 22.2 Å². The van der Waals surface area contributed by atoms with Crippen molar-refractivity contribution in [3.8, 4) is 5.75 Å². The second-order valence-electron chi connectivity index (χ2n) is 3.00.